The summed E-state index contributed by atoms with van der Waals surface area (Å²) in [4.78, 5) is 21.0. The molecule has 0 spiro atoms. The number of amides is 1. The zero-order valence-electron chi connectivity index (χ0n) is 14.0. The predicted octanol–water partition coefficient (Wildman–Crippen LogP) is 3.54. The molecule has 25 heavy (non-hydrogen) atoms. The highest BCUT2D eigenvalue weighted by molar-refractivity contribution is 6.02. The van der Waals surface area contributed by atoms with Crippen LogP contribution in [0.4, 0.5) is 5.82 Å². The molecular weight excluding hydrogens is 318 g/mol. The fourth-order valence-corrected chi connectivity index (χ4v) is 2.93. The molecule has 1 amide bonds. The Kier molecular flexibility index (Phi) is 3.72. The second-order valence-electron chi connectivity index (χ2n) is 5.93. The monoisotopic (exact) mass is 335 g/mol. The average Bonchev–Trinajstić information content (AvgIpc) is 3.20. The first kappa shape index (κ1) is 15.4. The summed E-state index contributed by atoms with van der Waals surface area (Å²) in [6.07, 6.45) is 0.906. The lowest BCUT2D eigenvalue weighted by Gasteiger charge is -2.07. The van der Waals surface area contributed by atoms with E-state index in [9.17, 15) is 4.79 Å². The van der Waals surface area contributed by atoms with Gasteiger partial charge in [-0.05, 0) is 42.8 Å². The molecule has 0 atom stereocenters. The summed E-state index contributed by atoms with van der Waals surface area (Å²) in [6.45, 7) is 4.17. The Balaban J connectivity index is 1.59. The molecule has 6 nitrogen and oxygen atoms in total. The van der Waals surface area contributed by atoms with Crippen molar-refractivity contribution in [2.45, 2.75) is 20.3 Å². The number of nitrogens with one attached hydrogen (secondary N) is 1. The van der Waals surface area contributed by atoms with Crippen molar-refractivity contribution in [3.05, 3.63) is 59.3 Å². The molecule has 0 fully saturated rings. The van der Waals surface area contributed by atoms with E-state index in [1.807, 2.05) is 24.3 Å². The fraction of sp³-hybridized carbons (Fsp3) is 0.211. The van der Waals surface area contributed by atoms with Gasteiger partial charge in [0.2, 0.25) is 5.76 Å². The van der Waals surface area contributed by atoms with Crippen LogP contribution in [0.25, 0.3) is 11.3 Å². The summed E-state index contributed by atoms with van der Waals surface area (Å²) in [6, 6.07) is 11.5. The topological polar surface area (TPSA) is 77.2 Å². The molecule has 0 saturated carbocycles. The molecular formula is C19H17N3O3. The maximum Gasteiger partial charge on any atom is 0.294 e. The van der Waals surface area contributed by atoms with Gasteiger partial charge in [0.05, 0.1) is 18.0 Å². The summed E-state index contributed by atoms with van der Waals surface area (Å²) in [5.41, 5.74) is 3.52. The first-order valence-corrected chi connectivity index (χ1v) is 8.09. The highest BCUT2D eigenvalue weighted by Gasteiger charge is 2.17. The predicted molar refractivity (Wildman–Crippen MR) is 92.8 cm³/mol. The molecule has 126 valence electrons. The second-order valence-corrected chi connectivity index (χ2v) is 5.93. The van der Waals surface area contributed by atoms with Gasteiger partial charge in [0.25, 0.3) is 5.91 Å². The number of ether oxygens (including phenoxy) is 1. The lowest BCUT2D eigenvalue weighted by molar-refractivity contribution is 0.0994. The van der Waals surface area contributed by atoms with Crippen molar-refractivity contribution in [2.24, 2.45) is 0 Å². The van der Waals surface area contributed by atoms with Crippen LogP contribution in [0.15, 0.2) is 40.8 Å². The summed E-state index contributed by atoms with van der Waals surface area (Å²) >= 11 is 0. The number of aryl methyl sites for hydroxylation is 2. The zero-order chi connectivity index (χ0) is 17.4. The summed E-state index contributed by atoms with van der Waals surface area (Å²) < 4.78 is 10.9. The molecule has 0 aliphatic carbocycles. The van der Waals surface area contributed by atoms with Gasteiger partial charge < -0.3 is 14.5 Å². The van der Waals surface area contributed by atoms with Gasteiger partial charge in [0.1, 0.15) is 11.6 Å². The smallest absolute Gasteiger partial charge is 0.294 e. The van der Waals surface area contributed by atoms with E-state index in [0.29, 0.717) is 17.4 Å². The minimum atomic E-state index is -0.356. The maximum absolute atomic E-state index is 12.3. The van der Waals surface area contributed by atoms with Crippen molar-refractivity contribution in [3.63, 3.8) is 0 Å². The Morgan fingerprint density at radius 2 is 2.04 bits per heavy atom. The molecule has 2 aromatic heterocycles. The molecule has 1 N–H and O–H groups in total. The number of carbonyl (C=O) groups is 1. The molecule has 0 saturated heterocycles. The van der Waals surface area contributed by atoms with Gasteiger partial charge in [0.15, 0.2) is 5.89 Å². The van der Waals surface area contributed by atoms with Crippen LogP contribution in [-0.4, -0.2) is 22.5 Å². The number of hydrogen-bond donors (Lipinski definition) is 1. The standard InChI is InChI=1S/C19H17N3O3/c1-11-18(25-12(2)20-11)19(23)22-17-5-3-4-15(21-17)13-6-7-16-14(10-13)8-9-24-16/h3-7,10H,8-9H2,1-2H3,(H,21,22,23). The Hall–Kier alpha value is -3.15. The number of carbonyl (C=O) groups excluding carboxylic acids is 1. The number of rotatable bonds is 3. The van der Waals surface area contributed by atoms with E-state index >= 15 is 0 Å². The van der Waals surface area contributed by atoms with Crippen LogP contribution >= 0.6 is 0 Å². The van der Waals surface area contributed by atoms with Crippen molar-refractivity contribution < 1.29 is 13.9 Å². The quantitative estimate of drug-likeness (QED) is 0.792. The third-order valence-corrected chi connectivity index (χ3v) is 4.09. The molecule has 1 aliphatic heterocycles. The van der Waals surface area contributed by atoms with Gasteiger partial charge in [-0.15, -0.1) is 0 Å². The van der Waals surface area contributed by atoms with E-state index in [1.54, 1.807) is 19.9 Å². The lowest BCUT2D eigenvalue weighted by atomic mass is 10.1. The third-order valence-electron chi connectivity index (χ3n) is 4.09. The Bertz CT molecular complexity index is 962. The average molecular weight is 335 g/mol. The highest BCUT2D eigenvalue weighted by Crippen LogP contribution is 2.30. The van der Waals surface area contributed by atoms with Crippen LogP contribution in [0.3, 0.4) is 0 Å². The van der Waals surface area contributed by atoms with Crippen molar-refractivity contribution in [3.8, 4) is 17.0 Å². The van der Waals surface area contributed by atoms with Gasteiger partial charge in [-0.3, -0.25) is 4.79 Å². The minimum absolute atomic E-state index is 0.208. The number of aromatic nitrogens is 2. The van der Waals surface area contributed by atoms with Crippen molar-refractivity contribution in [1.29, 1.82) is 0 Å². The zero-order valence-corrected chi connectivity index (χ0v) is 14.0. The first-order chi connectivity index (χ1) is 12.1. The number of nitrogens with zero attached hydrogens (tertiary/aromatic N) is 2. The summed E-state index contributed by atoms with van der Waals surface area (Å²) in [5, 5.41) is 2.77. The van der Waals surface area contributed by atoms with E-state index in [4.69, 9.17) is 9.15 Å². The molecule has 3 aromatic rings. The van der Waals surface area contributed by atoms with Crippen LogP contribution in [-0.2, 0) is 6.42 Å². The number of fused-ring (bicyclic) bond motifs is 1. The number of oxazole rings is 1. The highest BCUT2D eigenvalue weighted by atomic mass is 16.5. The number of pyridine rings is 1. The molecule has 3 heterocycles. The van der Waals surface area contributed by atoms with Gasteiger partial charge in [-0.2, -0.15) is 0 Å². The van der Waals surface area contributed by atoms with E-state index < -0.39 is 0 Å². The Morgan fingerprint density at radius 3 is 2.84 bits per heavy atom. The lowest BCUT2D eigenvalue weighted by Crippen LogP contribution is -2.13. The van der Waals surface area contributed by atoms with E-state index in [1.165, 1.54) is 5.56 Å². The largest absolute Gasteiger partial charge is 0.493 e. The number of anilines is 1. The van der Waals surface area contributed by atoms with Crippen molar-refractivity contribution in [1.82, 2.24) is 9.97 Å². The van der Waals surface area contributed by atoms with Crippen molar-refractivity contribution >= 4 is 11.7 Å². The van der Waals surface area contributed by atoms with Gasteiger partial charge >= 0.3 is 0 Å². The normalized spacial score (nSPS) is 12.6. The van der Waals surface area contributed by atoms with Crippen LogP contribution in [0.5, 0.6) is 5.75 Å². The van der Waals surface area contributed by atoms with Gasteiger partial charge in [-0.1, -0.05) is 6.07 Å². The molecule has 0 radical (unpaired) electrons. The Morgan fingerprint density at radius 1 is 1.16 bits per heavy atom. The third kappa shape index (κ3) is 2.98. The molecule has 4 rings (SSSR count). The summed E-state index contributed by atoms with van der Waals surface area (Å²) in [5.74, 6) is 1.71. The molecule has 0 bridgehead atoms. The van der Waals surface area contributed by atoms with Crippen LogP contribution in [0.1, 0.15) is 27.7 Å². The number of hydrogen-bond acceptors (Lipinski definition) is 5. The van der Waals surface area contributed by atoms with E-state index in [2.05, 4.69) is 21.4 Å². The second kappa shape index (κ2) is 6.05. The molecule has 6 heteroatoms. The molecule has 1 aromatic carbocycles. The summed E-state index contributed by atoms with van der Waals surface area (Å²) in [7, 11) is 0. The van der Waals surface area contributed by atoms with Crippen LogP contribution in [0, 0.1) is 13.8 Å². The van der Waals surface area contributed by atoms with Crippen LogP contribution in [0.2, 0.25) is 0 Å². The van der Waals surface area contributed by atoms with Gasteiger partial charge in [0, 0.05) is 18.9 Å². The van der Waals surface area contributed by atoms with E-state index in [-0.39, 0.29) is 11.7 Å². The SMILES string of the molecule is Cc1nc(C)c(C(=O)Nc2cccc(-c3ccc4c(c3)CCO4)n2)o1. The Labute approximate surface area is 144 Å². The van der Waals surface area contributed by atoms with Gasteiger partial charge in [-0.25, -0.2) is 9.97 Å². The first-order valence-electron chi connectivity index (χ1n) is 8.09. The van der Waals surface area contributed by atoms with Crippen molar-refractivity contribution in [2.75, 3.05) is 11.9 Å². The fourth-order valence-electron chi connectivity index (χ4n) is 2.93. The molecule has 0 unspecified atom stereocenters. The van der Waals surface area contributed by atoms with E-state index in [0.717, 1.165) is 30.0 Å². The van der Waals surface area contributed by atoms with Crippen LogP contribution < -0.4 is 10.1 Å². The molecule has 1 aliphatic rings. The maximum atomic E-state index is 12.3. The number of benzene rings is 1. The minimum Gasteiger partial charge on any atom is -0.493 e.